The van der Waals surface area contributed by atoms with Crippen LogP contribution in [0.2, 0.25) is 0 Å². The zero-order valence-corrected chi connectivity index (χ0v) is 13.8. The minimum absolute atomic E-state index is 0.0577. The molecule has 2 saturated carbocycles. The van der Waals surface area contributed by atoms with Crippen LogP contribution < -0.4 is 5.56 Å². The van der Waals surface area contributed by atoms with Crippen LogP contribution in [0.1, 0.15) is 61.0 Å². The maximum absolute atomic E-state index is 12.7. The summed E-state index contributed by atoms with van der Waals surface area (Å²) >= 11 is 3.49. The monoisotopic (exact) mass is 350 g/mol. The molecule has 1 amide bonds. The molecular weight excluding hydrogens is 332 g/mol. The second-order valence-corrected chi connectivity index (χ2v) is 7.67. The molecule has 5 heteroatoms. The maximum atomic E-state index is 12.7. The van der Waals surface area contributed by atoms with Crippen LogP contribution in [0.15, 0.2) is 16.9 Å². The van der Waals surface area contributed by atoms with Gasteiger partial charge in [0.15, 0.2) is 0 Å². The predicted molar refractivity (Wildman–Crippen MR) is 83.3 cm³/mol. The number of carbonyl (C=O) groups excluding carboxylic acids is 1. The summed E-state index contributed by atoms with van der Waals surface area (Å²) < 4.78 is 3.42. The number of halogens is 1. The van der Waals surface area contributed by atoms with Gasteiger partial charge in [0.1, 0.15) is 11.4 Å². The zero-order chi connectivity index (χ0) is 14.8. The van der Waals surface area contributed by atoms with E-state index in [1.807, 2.05) is 6.92 Å². The van der Waals surface area contributed by atoms with Crippen LogP contribution in [-0.4, -0.2) is 14.4 Å². The zero-order valence-electron chi connectivity index (χ0n) is 12.2. The van der Waals surface area contributed by atoms with E-state index in [1.165, 1.54) is 19.3 Å². The van der Waals surface area contributed by atoms with Crippen LogP contribution in [0.4, 0.5) is 0 Å². The average Bonchev–Trinajstić information content (AvgIpc) is 3.23. The number of aromatic nitrogens is 1. The summed E-state index contributed by atoms with van der Waals surface area (Å²) in [6.07, 6.45) is 7.79. The Morgan fingerprint density at radius 2 is 1.76 bits per heavy atom. The molecule has 0 saturated heterocycles. The Bertz CT molecular complexity index is 692. The van der Waals surface area contributed by atoms with E-state index in [-0.39, 0.29) is 11.5 Å². The molecule has 2 fully saturated rings. The fraction of sp³-hybridized carbons (Fsp3) is 0.625. The minimum Gasteiger partial charge on any atom is -0.278 e. The Kier molecular flexibility index (Phi) is 2.72. The molecule has 1 atom stereocenters. The number of nitrogens with zero attached hydrogens (tertiary/aromatic N) is 2. The lowest BCUT2D eigenvalue weighted by Crippen LogP contribution is -2.45. The smallest absolute Gasteiger partial charge is 0.278 e. The van der Waals surface area contributed by atoms with Crippen molar-refractivity contribution in [2.75, 3.05) is 0 Å². The maximum Gasteiger partial charge on any atom is 0.282 e. The highest BCUT2D eigenvalue weighted by molar-refractivity contribution is 9.07. The van der Waals surface area contributed by atoms with Crippen molar-refractivity contribution >= 4 is 22.1 Å². The highest BCUT2D eigenvalue weighted by atomic mass is 79.9. The van der Waals surface area contributed by atoms with Gasteiger partial charge < -0.3 is 0 Å². The highest BCUT2D eigenvalue weighted by Crippen LogP contribution is 2.58. The molecule has 4 rings (SSSR count). The van der Waals surface area contributed by atoms with Crippen LogP contribution in [0.3, 0.4) is 0 Å². The summed E-state index contributed by atoms with van der Waals surface area (Å²) in [6, 6.07) is 3.35. The van der Waals surface area contributed by atoms with Crippen molar-refractivity contribution in [1.29, 1.82) is 0 Å². The van der Waals surface area contributed by atoms with Gasteiger partial charge >= 0.3 is 0 Å². The van der Waals surface area contributed by atoms with E-state index in [1.54, 1.807) is 20.6 Å². The second kappa shape index (κ2) is 4.22. The Balaban J connectivity index is 1.88. The van der Waals surface area contributed by atoms with Crippen LogP contribution in [0.25, 0.3) is 0 Å². The third-order valence-electron chi connectivity index (χ3n) is 5.75. The normalized spacial score (nSPS) is 29.8. The molecule has 0 aromatic carbocycles. The van der Waals surface area contributed by atoms with Gasteiger partial charge in [0.05, 0.1) is 16.1 Å². The summed E-state index contributed by atoms with van der Waals surface area (Å²) in [5.74, 6) is -0.0723. The van der Waals surface area contributed by atoms with Crippen molar-refractivity contribution < 1.29 is 4.79 Å². The molecule has 2 spiro atoms. The van der Waals surface area contributed by atoms with Crippen molar-refractivity contribution in [3.63, 3.8) is 0 Å². The van der Waals surface area contributed by atoms with E-state index in [2.05, 4.69) is 16.1 Å². The lowest BCUT2D eigenvalue weighted by molar-refractivity contribution is 0.0695. The lowest BCUT2D eigenvalue weighted by atomic mass is 9.96. The van der Waals surface area contributed by atoms with Gasteiger partial charge in [-0.1, -0.05) is 6.07 Å². The number of hydrogen-bond donors (Lipinski definition) is 0. The van der Waals surface area contributed by atoms with E-state index in [4.69, 9.17) is 0 Å². The van der Waals surface area contributed by atoms with E-state index < -0.39 is 5.66 Å². The average molecular weight is 351 g/mol. The predicted octanol–water partition coefficient (Wildman–Crippen LogP) is 3.32. The van der Waals surface area contributed by atoms with Gasteiger partial charge in [0.25, 0.3) is 11.5 Å². The number of rotatable bonds is 0. The fourth-order valence-electron chi connectivity index (χ4n) is 4.24. The fourth-order valence-corrected chi connectivity index (χ4v) is 4.92. The molecule has 1 unspecified atom stereocenters. The minimum atomic E-state index is -0.498. The van der Waals surface area contributed by atoms with Crippen LogP contribution >= 0.6 is 16.1 Å². The van der Waals surface area contributed by atoms with Gasteiger partial charge in [0.2, 0.25) is 0 Å². The Hall–Kier alpha value is -1.10. The number of amides is 1. The van der Waals surface area contributed by atoms with Crippen LogP contribution in [0, 0.1) is 12.3 Å². The number of aryl methyl sites for hydroxylation is 1. The lowest BCUT2D eigenvalue weighted by Gasteiger charge is -2.35. The number of pyridine rings is 1. The van der Waals surface area contributed by atoms with Crippen molar-refractivity contribution in [2.24, 2.45) is 5.41 Å². The molecule has 1 aromatic rings. The third kappa shape index (κ3) is 1.73. The van der Waals surface area contributed by atoms with Crippen LogP contribution in [-0.2, 0) is 5.66 Å². The van der Waals surface area contributed by atoms with Gasteiger partial charge in [-0.05, 0) is 62.8 Å². The molecule has 1 aromatic heterocycles. The van der Waals surface area contributed by atoms with Gasteiger partial charge in [-0.15, -0.1) is 0 Å². The molecule has 112 valence electrons. The molecule has 2 aliphatic carbocycles. The summed E-state index contributed by atoms with van der Waals surface area (Å²) in [4.78, 5) is 25.1. The molecular formula is C16H19BrN2O2. The topological polar surface area (TPSA) is 42.3 Å². The van der Waals surface area contributed by atoms with Crippen molar-refractivity contribution in [3.05, 3.63) is 33.7 Å². The molecule has 1 aliphatic heterocycles. The number of hydrogen-bond acceptors (Lipinski definition) is 2. The van der Waals surface area contributed by atoms with Crippen molar-refractivity contribution in [1.82, 2.24) is 8.49 Å². The third-order valence-corrected chi connectivity index (χ3v) is 6.74. The highest BCUT2D eigenvalue weighted by Gasteiger charge is 2.54. The molecule has 4 nitrogen and oxygen atoms in total. The van der Waals surface area contributed by atoms with E-state index in [0.29, 0.717) is 11.1 Å². The van der Waals surface area contributed by atoms with Crippen molar-refractivity contribution in [2.45, 2.75) is 57.5 Å². The summed E-state index contributed by atoms with van der Waals surface area (Å²) in [5.41, 5.74) is 1.40. The molecule has 0 bridgehead atoms. The summed E-state index contributed by atoms with van der Waals surface area (Å²) in [6.45, 7) is 1.90. The number of carbonyl (C=O) groups is 1. The van der Waals surface area contributed by atoms with Gasteiger partial charge in [-0.25, -0.2) is 3.93 Å². The van der Waals surface area contributed by atoms with E-state index >= 15 is 0 Å². The van der Waals surface area contributed by atoms with Crippen molar-refractivity contribution in [3.8, 4) is 0 Å². The largest absolute Gasteiger partial charge is 0.282 e. The molecule has 0 N–H and O–H groups in total. The van der Waals surface area contributed by atoms with Gasteiger partial charge in [-0.3, -0.25) is 14.2 Å². The second-order valence-electron chi connectivity index (χ2n) is 6.96. The van der Waals surface area contributed by atoms with E-state index in [9.17, 15) is 9.59 Å². The molecule has 21 heavy (non-hydrogen) atoms. The Labute approximate surface area is 132 Å². The first-order valence-corrected chi connectivity index (χ1v) is 8.44. The Morgan fingerprint density at radius 1 is 1.05 bits per heavy atom. The van der Waals surface area contributed by atoms with Gasteiger partial charge in [-0.2, -0.15) is 0 Å². The molecule has 0 radical (unpaired) electrons. The van der Waals surface area contributed by atoms with Crippen LogP contribution in [0.5, 0.6) is 0 Å². The molecule has 3 aliphatic rings. The first kappa shape index (κ1) is 13.6. The SMILES string of the molecule is Cc1ccc(=O)n2c1C(=O)N(Br)C21CCCC2(CC2)CC1. The first-order chi connectivity index (χ1) is 9.99. The first-order valence-electron chi connectivity index (χ1n) is 7.73. The molecule has 2 heterocycles. The van der Waals surface area contributed by atoms with E-state index in [0.717, 1.165) is 31.2 Å². The standard InChI is InChI=1S/C16H19BrN2O2/c1-11-3-4-12(20)18-13(11)14(21)19(17)16(18)6-2-5-15(7-8-15)9-10-16/h3-4H,2,5-10H2,1H3. The quantitative estimate of drug-likeness (QED) is 0.673. The Morgan fingerprint density at radius 3 is 2.48 bits per heavy atom. The summed E-state index contributed by atoms with van der Waals surface area (Å²) in [7, 11) is 0. The summed E-state index contributed by atoms with van der Waals surface area (Å²) in [5, 5.41) is 0. The van der Waals surface area contributed by atoms with Gasteiger partial charge in [0, 0.05) is 6.07 Å². The number of fused-ring (bicyclic) bond motifs is 2.